The van der Waals surface area contributed by atoms with E-state index >= 15 is 0 Å². The van der Waals surface area contributed by atoms with Crippen LogP contribution in [0.3, 0.4) is 0 Å². The van der Waals surface area contributed by atoms with E-state index in [0.717, 1.165) is 47.1 Å². The van der Waals surface area contributed by atoms with Crippen LogP contribution in [0.5, 0.6) is 11.5 Å². The SMILES string of the molecule is COc1cc(/C=C2\SC(=O)N(CC(=O)Nc3ccc(C)c(C)c3)C2=O)ccc1OC(=O)C12CC3CC(CC(C3)C1)C2. The fraction of sp³-hybridized carbons (Fsp3) is 0.438. The molecule has 0 aromatic heterocycles. The molecule has 41 heavy (non-hydrogen) atoms. The summed E-state index contributed by atoms with van der Waals surface area (Å²) in [4.78, 5) is 52.8. The first-order valence-corrected chi connectivity index (χ1v) is 15.0. The van der Waals surface area contributed by atoms with Crippen LogP contribution < -0.4 is 14.8 Å². The van der Waals surface area contributed by atoms with E-state index in [2.05, 4.69) is 5.32 Å². The van der Waals surface area contributed by atoms with Crippen LogP contribution >= 0.6 is 11.8 Å². The average molecular weight is 575 g/mol. The van der Waals surface area contributed by atoms with Crippen molar-refractivity contribution in [2.24, 2.45) is 23.2 Å². The molecule has 5 fully saturated rings. The molecule has 4 saturated carbocycles. The lowest BCUT2D eigenvalue weighted by molar-refractivity contribution is -0.161. The van der Waals surface area contributed by atoms with Crippen molar-refractivity contribution >= 4 is 46.5 Å². The van der Waals surface area contributed by atoms with Crippen LogP contribution in [0.1, 0.15) is 55.2 Å². The number of hydrogen-bond acceptors (Lipinski definition) is 7. The predicted molar refractivity (Wildman–Crippen MR) is 156 cm³/mol. The molecule has 8 nitrogen and oxygen atoms in total. The van der Waals surface area contributed by atoms with Gasteiger partial charge in [-0.25, -0.2) is 0 Å². The number of esters is 1. The predicted octanol–water partition coefficient (Wildman–Crippen LogP) is 6.11. The van der Waals surface area contributed by atoms with Gasteiger partial charge in [0.25, 0.3) is 11.1 Å². The molecular weight excluding hydrogens is 540 g/mol. The Balaban J connectivity index is 1.12. The maximum atomic E-state index is 13.4. The van der Waals surface area contributed by atoms with Gasteiger partial charge in [0, 0.05) is 5.69 Å². The Labute approximate surface area is 243 Å². The highest BCUT2D eigenvalue weighted by molar-refractivity contribution is 8.18. The Bertz CT molecular complexity index is 1450. The summed E-state index contributed by atoms with van der Waals surface area (Å²) < 4.78 is 11.5. The minimum absolute atomic E-state index is 0.164. The molecule has 1 heterocycles. The molecule has 3 amide bonds. The molecule has 0 atom stereocenters. The quantitative estimate of drug-likeness (QED) is 0.242. The van der Waals surface area contributed by atoms with Crippen molar-refractivity contribution in [2.75, 3.05) is 19.0 Å². The van der Waals surface area contributed by atoms with E-state index in [0.29, 0.717) is 40.5 Å². The highest BCUT2D eigenvalue weighted by Gasteiger charge is 2.55. The second-order valence-electron chi connectivity index (χ2n) is 12.1. The number of methoxy groups -OCH3 is 1. The van der Waals surface area contributed by atoms with E-state index in [9.17, 15) is 19.2 Å². The third-order valence-electron chi connectivity index (χ3n) is 9.13. The maximum absolute atomic E-state index is 13.4. The standard InChI is InChI=1S/C32H34N2O6S/c1-18-4-6-24(8-19(18)2)33-28(35)17-34-29(36)27(41-31(34)38)13-20-5-7-25(26(12-20)39-3)40-30(37)32-14-21-9-22(15-32)11-23(10-21)16-32/h4-8,12-13,21-23H,9-11,14-17H2,1-3H3,(H,33,35)/b27-13-. The van der Waals surface area contributed by atoms with E-state index in [4.69, 9.17) is 9.47 Å². The molecule has 4 aliphatic carbocycles. The zero-order valence-electron chi connectivity index (χ0n) is 23.5. The van der Waals surface area contributed by atoms with Gasteiger partial charge in [0.15, 0.2) is 11.5 Å². The van der Waals surface area contributed by atoms with E-state index < -0.39 is 17.1 Å². The first kappa shape index (κ1) is 27.6. The molecule has 0 unspecified atom stereocenters. The van der Waals surface area contributed by atoms with Gasteiger partial charge in [-0.2, -0.15) is 0 Å². The molecule has 4 bridgehead atoms. The summed E-state index contributed by atoms with van der Waals surface area (Å²) in [5.74, 6) is 1.47. The van der Waals surface area contributed by atoms with Crippen molar-refractivity contribution in [3.05, 3.63) is 58.0 Å². The molecule has 214 valence electrons. The normalized spacial score (nSPS) is 27.4. The van der Waals surface area contributed by atoms with Crippen LogP contribution in [0.15, 0.2) is 41.3 Å². The van der Waals surface area contributed by atoms with Gasteiger partial charge in [-0.3, -0.25) is 24.1 Å². The fourth-order valence-electron chi connectivity index (χ4n) is 7.38. The Morgan fingerprint density at radius 3 is 2.29 bits per heavy atom. The van der Waals surface area contributed by atoms with Crippen LogP contribution in [0.2, 0.25) is 0 Å². The second kappa shape index (κ2) is 10.7. The van der Waals surface area contributed by atoms with Gasteiger partial charge in [-0.05, 0) is 129 Å². The minimum Gasteiger partial charge on any atom is -0.493 e. The molecule has 2 aromatic rings. The summed E-state index contributed by atoms with van der Waals surface area (Å²) in [5.41, 5.74) is 2.96. The van der Waals surface area contributed by atoms with Gasteiger partial charge >= 0.3 is 5.97 Å². The third-order valence-corrected chi connectivity index (χ3v) is 10.0. The molecule has 0 radical (unpaired) electrons. The lowest BCUT2D eigenvalue weighted by atomic mass is 9.49. The van der Waals surface area contributed by atoms with Crippen LogP contribution in [0, 0.1) is 37.0 Å². The highest BCUT2D eigenvalue weighted by Crippen LogP contribution is 2.60. The van der Waals surface area contributed by atoms with Gasteiger partial charge in [0.05, 0.1) is 17.4 Å². The number of nitrogens with zero attached hydrogens (tertiary/aromatic N) is 1. The third kappa shape index (κ3) is 5.39. The average Bonchev–Trinajstić information content (AvgIpc) is 3.18. The van der Waals surface area contributed by atoms with Crippen molar-refractivity contribution in [2.45, 2.75) is 52.4 Å². The number of anilines is 1. The monoisotopic (exact) mass is 574 g/mol. The summed E-state index contributed by atoms with van der Waals surface area (Å²) in [6.07, 6.45) is 8.05. The number of nitrogens with one attached hydrogen (secondary N) is 1. The van der Waals surface area contributed by atoms with Crippen LogP contribution in [-0.2, 0) is 14.4 Å². The highest BCUT2D eigenvalue weighted by atomic mass is 32.2. The smallest absolute Gasteiger partial charge is 0.317 e. The molecule has 7 rings (SSSR count). The van der Waals surface area contributed by atoms with Crippen LogP contribution in [0.25, 0.3) is 6.08 Å². The Kier molecular flexibility index (Phi) is 7.18. The summed E-state index contributed by atoms with van der Waals surface area (Å²) in [6, 6.07) is 10.6. The molecule has 0 spiro atoms. The van der Waals surface area contributed by atoms with E-state index in [1.165, 1.54) is 26.4 Å². The van der Waals surface area contributed by atoms with Crippen molar-refractivity contribution < 1.29 is 28.7 Å². The topological polar surface area (TPSA) is 102 Å². The molecular formula is C32H34N2O6S. The Morgan fingerprint density at radius 1 is 0.976 bits per heavy atom. The van der Waals surface area contributed by atoms with E-state index in [1.54, 1.807) is 30.3 Å². The number of ether oxygens (including phenoxy) is 2. The first-order valence-electron chi connectivity index (χ1n) is 14.2. The second-order valence-corrected chi connectivity index (χ2v) is 13.1. The Hall–Kier alpha value is -3.59. The summed E-state index contributed by atoms with van der Waals surface area (Å²) >= 11 is 0.782. The van der Waals surface area contributed by atoms with Crippen molar-refractivity contribution in [3.8, 4) is 11.5 Å². The number of thioether (sulfide) groups is 1. The number of rotatable bonds is 7. The zero-order valence-corrected chi connectivity index (χ0v) is 24.3. The van der Waals surface area contributed by atoms with Gasteiger partial charge in [0.2, 0.25) is 5.91 Å². The molecule has 1 saturated heterocycles. The van der Waals surface area contributed by atoms with Crippen LogP contribution in [0.4, 0.5) is 10.5 Å². The summed E-state index contributed by atoms with van der Waals surface area (Å²) in [7, 11) is 1.50. The van der Waals surface area contributed by atoms with E-state index in [1.807, 2.05) is 26.0 Å². The fourth-order valence-corrected chi connectivity index (χ4v) is 8.22. The van der Waals surface area contributed by atoms with Gasteiger partial charge < -0.3 is 14.8 Å². The van der Waals surface area contributed by atoms with Crippen molar-refractivity contribution in [1.29, 1.82) is 0 Å². The molecule has 9 heteroatoms. The number of aryl methyl sites for hydroxylation is 2. The van der Waals surface area contributed by atoms with Gasteiger partial charge in [-0.15, -0.1) is 0 Å². The number of carbonyl (C=O) groups excluding carboxylic acids is 4. The van der Waals surface area contributed by atoms with Crippen molar-refractivity contribution in [1.82, 2.24) is 4.90 Å². The summed E-state index contributed by atoms with van der Waals surface area (Å²) in [6.45, 7) is 3.55. The lowest BCUT2D eigenvalue weighted by Gasteiger charge is -2.55. The zero-order chi connectivity index (χ0) is 28.9. The minimum atomic E-state index is -0.536. The lowest BCUT2D eigenvalue weighted by Crippen LogP contribution is -2.51. The first-order chi connectivity index (χ1) is 19.6. The van der Waals surface area contributed by atoms with E-state index in [-0.39, 0.29) is 22.8 Å². The molecule has 1 N–H and O–H groups in total. The number of benzene rings is 2. The van der Waals surface area contributed by atoms with Gasteiger partial charge in [-0.1, -0.05) is 12.1 Å². The largest absolute Gasteiger partial charge is 0.493 e. The molecule has 2 aromatic carbocycles. The number of hydrogen-bond donors (Lipinski definition) is 1. The maximum Gasteiger partial charge on any atom is 0.317 e. The number of imide groups is 1. The van der Waals surface area contributed by atoms with Crippen LogP contribution in [-0.4, -0.2) is 41.6 Å². The van der Waals surface area contributed by atoms with Crippen molar-refractivity contribution in [3.63, 3.8) is 0 Å². The number of carbonyl (C=O) groups is 4. The summed E-state index contributed by atoms with van der Waals surface area (Å²) in [5, 5.41) is 2.24. The molecule has 1 aliphatic heterocycles. The molecule has 5 aliphatic rings. The number of amides is 3. The Morgan fingerprint density at radius 2 is 1.66 bits per heavy atom. The van der Waals surface area contributed by atoms with Gasteiger partial charge in [0.1, 0.15) is 6.54 Å².